The van der Waals surface area contributed by atoms with E-state index in [2.05, 4.69) is 11.4 Å². The Hall–Kier alpha value is -1.58. The average molecular weight is 481 g/mol. The van der Waals surface area contributed by atoms with Crippen LogP contribution < -0.4 is 5.32 Å². The fourth-order valence-electron chi connectivity index (χ4n) is 4.04. The van der Waals surface area contributed by atoms with E-state index in [0.717, 1.165) is 22.6 Å². The third-order valence-electron chi connectivity index (χ3n) is 5.46. The van der Waals surface area contributed by atoms with Crippen molar-refractivity contribution in [2.75, 3.05) is 18.8 Å². The number of hydrogen-bond donors (Lipinski definition) is 1. The van der Waals surface area contributed by atoms with E-state index in [1.807, 2.05) is 32.0 Å². The van der Waals surface area contributed by atoms with Gasteiger partial charge in [0, 0.05) is 29.3 Å². The maximum absolute atomic E-state index is 13.3. The van der Waals surface area contributed by atoms with Crippen LogP contribution in [0, 0.1) is 0 Å². The average Bonchev–Trinajstić information content (AvgIpc) is 2.73. The van der Waals surface area contributed by atoms with Gasteiger partial charge < -0.3 is 10.1 Å². The molecule has 2 heterocycles. The number of thioether (sulfide) groups is 1. The van der Waals surface area contributed by atoms with Gasteiger partial charge in [-0.1, -0.05) is 29.8 Å². The van der Waals surface area contributed by atoms with Gasteiger partial charge in [0.1, 0.15) is 4.90 Å². The minimum atomic E-state index is -3.86. The van der Waals surface area contributed by atoms with Gasteiger partial charge in [0.05, 0.1) is 23.3 Å². The van der Waals surface area contributed by atoms with Crippen molar-refractivity contribution < 1.29 is 17.9 Å². The van der Waals surface area contributed by atoms with Gasteiger partial charge >= 0.3 is 0 Å². The Morgan fingerprint density at radius 1 is 1.16 bits per heavy atom. The van der Waals surface area contributed by atoms with Crippen molar-refractivity contribution in [1.82, 2.24) is 9.62 Å². The number of nitrogens with zero attached hydrogens (tertiary/aromatic N) is 1. The number of halogens is 1. The van der Waals surface area contributed by atoms with Crippen molar-refractivity contribution in [1.29, 1.82) is 0 Å². The minimum absolute atomic E-state index is 0.0530. The summed E-state index contributed by atoms with van der Waals surface area (Å²) in [7, 11) is -3.86. The molecule has 0 aromatic heterocycles. The van der Waals surface area contributed by atoms with Crippen LogP contribution in [0.4, 0.5) is 0 Å². The molecular formula is C22H25ClN2O4S2. The lowest BCUT2D eigenvalue weighted by Crippen LogP contribution is -2.48. The number of carbonyl (C=O) groups is 1. The molecule has 1 saturated heterocycles. The standard InChI is InChI=1S/C22H25ClN2O4S2/c1-14-12-25(13-15(2)29-14)31(27,28)21-11-16(7-8-18(21)23)22(26)24-19-9-10-30-20-6-4-3-5-17(19)20/h3-8,11,14-15,19H,9-10,12-13H2,1-2H3,(H,24,26)/t14-,15+,19-/m1/s1. The van der Waals surface area contributed by atoms with Gasteiger partial charge in [0.15, 0.2) is 0 Å². The Bertz CT molecular complexity index is 1080. The van der Waals surface area contributed by atoms with Crippen LogP contribution >= 0.6 is 23.4 Å². The van der Waals surface area contributed by atoms with Crippen LogP contribution in [0.1, 0.15) is 42.2 Å². The summed E-state index contributed by atoms with van der Waals surface area (Å²) in [5, 5.41) is 3.16. The Kier molecular flexibility index (Phi) is 6.65. The van der Waals surface area contributed by atoms with E-state index in [9.17, 15) is 13.2 Å². The molecule has 0 unspecified atom stereocenters. The highest BCUT2D eigenvalue weighted by Crippen LogP contribution is 2.36. The summed E-state index contributed by atoms with van der Waals surface area (Å²) in [6.07, 6.45) is 0.386. The van der Waals surface area contributed by atoms with Gasteiger partial charge in [-0.25, -0.2) is 8.42 Å². The summed E-state index contributed by atoms with van der Waals surface area (Å²) >= 11 is 8.04. The summed E-state index contributed by atoms with van der Waals surface area (Å²) in [5.74, 6) is 0.596. The molecule has 166 valence electrons. The highest BCUT2D eigenvalue weighted by molar-refractivity contribution is 7.99. The monoisotopic (exact) mass is 480 g/mol. The number of benzene rings is 2. The molecule has 2 aromatic carbocycles. The Morgan fingerprint density at radius 2 is 1.87 bits per heavy atom. The number of carbonyl (C=O) groups excluding carboxylic acids is 1. The molecular weight excluding hydrogens is 456 g/mol. The molecule has 31 heavy (non-hydrogen) atoms. The predicted molar refractivity (Wildman–Crippen MR) is 122 cm³/mol. The van der Waals surface area contributed by atoms with Crippen molar-refractivity contribution >= 4 is 39.3 Å². The maximum Gasteiger partial charge on any atom is 0.251 e. The fourth-order valence-corrected chi connectivity index (χ4v) is 7.26. The van der Waals surface area contributed by atoms with Gasteiger partial charge in [-0.05, 0) is 50.1 Å². The summed E-state index contributed by atoms with van der Waals surface area (Å²) in [6, 6.07) is 12.3. The zero-order chi connectivity index (χ0) is 22.2. The van der Waals surface area contributed by atoms with Gasteiger partial charge in [0.25, 0.3) is 5.91 Å². The second-order valence-corrected chi connectivity index (χ2v) is 11.4. The van der Waals surface area contributed by atoms with Crippen molar-refractivity contribution in [3.8, 4) is 0 Å². The van der Waals surface area contributed by atoms with Crippen molar-refractivity contribution in [3.05, 3.63) is 58.6 Å². The number of morpholine rings is 1. The van der Waals surface area contributed by atoms with E-state index in [4.69, 9.17) is 16.3 Å². The lowest BCUT2D eigenvalue weighted by molar-refractivity contribution is -0.0440. The van der Waals surface area contributed by atoms with Crippen LogP contribution in [0.25, 0.3) is 0 Å². The quantitative estimate of drug-likeness (QED) is 0.712. The van der Waals surface area contributed by atoms with Gasteiger partial charge in [0.2, 0.25) is 10.0 Å². The number of amides is 1. The molecule has 2 aromatic rings. The zero-order valence-corrected chi connectivity index (χ0v) is 19.8. The first-order valence-corrected chi connectivity index (χ1v) is 13.0. The fraction of sp³-hybridized carbons (Fsp3) is 0.409. The molecule has 6 nitrogen and oxygen atoms in total. The SMILES string of the molecule is C[C@@H]1CN(S(=O)(=O)c2cc(C(=O)N[C@@H]3CCSc4ccccc43)ccc2Cl)C[C@H](C)O1. The molecule has 4 rings (SSSR count). The minimum Gasteiger partial charge on any atom is -0.373 e. The topological polar surface area (TPSA) is 75.7 Å². The van der Waals surface area contributed by atoms with Crippen LogP contribution in [-0.4, -0.2) is 49.7 Å². The number of rotatable bonds is 4. The molecule has 0 aliphatic carbocycles. The van der Waals surface area contributed by atoms with Crippen molar-refractivity contribution in [2.45, 2.75) is 48.3 Å². The molecule has 1 fully saturated rings. The highest BCUT2D eigenvalue weighted by Gasteiger charge is 2.34. The lowest BCUT2D eigenvalue weighted by Gasteiger charge is -2.34. The van der Waals surface area contributed by atoms with Gasteiger partial charge in [-0.15, -0.1) is 11.8 Å². The third-order valence-corrected chi connectivity index (χ3v) is 8.90. The van der Waals surface area contributed by atoms with Gasteiger partial charge in [-0.3, -0.25) is 4.79 Å². The molecule has 1 N–H and O–H groups in total. The molecule has 0 radical (unpaired) electrons. The van der Waals surface area contributed by atoms with Crippen molar-refractivity contribution in [3.63, 3.8) is 0 Å². The largest absolute Gasteiger partial charge is 0.373 e. The van der Waals surface area contributed by atoms with Crippen LogP contribution in [0.5, 0.6) is 0 Å². The number of ether oxygens (including phenoxy) is 1. The summed E-state index contributed by atoms with van der Waals surface area (Å²) in [6.45, 7) is 4.17. The van der Waals surface area contributed by atoms with Crippen LogP contribution in [0.3, 0.4) is 0 Å². The first-order chi connectivity index (χ1) is 14.8. The normalized spacial score (nSPS) is 24.4. The Balaban J connectivity index is 1.59. The molecule has 2 aliphatic rings. The molecule has 1 amide bonds. The molecule has 3 atom stereocenters. The summed E-state index contributed by atoms with van der Waals surface area (Å²) in [5.41, 5.74) is 1.36. The zero-order valence-electron chi connectivity index (χ0n) is 17.4. The number of hydrogen-bond acceptors (Lipinski definition) is 5. The first-order valence-electron chi connectivity index (χ1n) is 10.2. The van der Waals surface area contributed by atoms with Crippen molar-refractivity contribution in [2.24, 2.45) is 0 Å². The smallest absolute Gasteiger partial charge is 0.251 e. The van der Waals surface area contributed by atoms with Gasteiger partial charge in [-0.2, -0.15) is 4.31 Å². The molecule has 0 saturated carbocycles. The summed E-state index contributed by atoms with van der Waals surface area (Å²) in [4.78, 5) is 14.1. The maximum atomic E-state index is 13.3. The third kappa shape index (κ3) is 4.78. The van der Waals surface area contributed by atoms with E-state index in [-0.39, 0.29) is 52.7 Å². The van der Waals surface area contributed by atoms with E-state index < -0.39 is 10.0 Å². The predicted octanol–water partition coefficient (Wildman–Crippen LogP) is 4.10. The molecule has 9 heteroatoms. The first kappa shape index (κ1) is 22.6. The van der Waals surface area contributed by atoms with E-state index in [0.29, 0.717) is 0 Å². The van der Waals surface area contributed by atoms with Crippen LogP contribution in [0.2, 0.25) is 5.02 Å². The number of fused-ring (bicyclic) bond motifs is 1. The molecule has 2 aliphatic heterocycles. The lowest BCUT2D eigenvalue weighted by atomic mass is 10.0. The molecule has 0 spiro atoms. The van der Waals surface area contributed by atoms with Crippen LogP contribution in [0.15, 0.2) is 52.3 Å². The molecule has 0 bridgehead atoms. The second-order valence-electron chi connectivity index (χ2n) is 7.93. The van der Waals surface area contributed by atoms with E-state index in [1.165, 1.54) is 16.4 Å². The second kappa shape index (κ2) is 9.11. The summed E-state index contributed by atoms with van der Waals surface area (Å²) < 4.78 is 33.6. The van der Waals surface area contributed by atoms with E-state index >= 15 is 0 Å². The van der Waals surface area contributed by atoms with Crippen LogP contribution in [-0.2, 0) is 14.8 Å². The number of nitrogens with one attached hydrogen (secondary N) is 1. The Morgan fingerprint density at radius 3 is 2.61 bits per heavy atom. The number of sulfonamides is 1. The Labute approximate surface area is 192 Å². The highest BCUT2D eigenvalue weighted by atomic mass is 35.5. The van der Waals surface area contributed by atoms with E-state index in [1.54, 1.807) is 17.8 Å².